The predicted octanol–water partition coefficient (Wildman–Crippen LogP) is 5.46. The fourth-order valence-electron chi connectivity index (χ4n) is 12.2. The van der Waals surface area contributed by atoms with E-state index in [-0.39, 0.29) is 42.3 Å². The lowest BCUT2D eigenvalue weighted by molar-refractivity contribution is -0.130. The first-order chi connectivity index (χ1) is 29.3. The summed E-state index contributed by atoms with van der Waals surface area (Å²) in [6.45, 7) is 16.1. The second kappa shape index (κ2) is 23.4. The Morgan fingerprint density at radius 2 is 1.13 bits per heavy atom. The van der Waals surface area contributed by atoms with Gasteiger partial charge >= 0.3 is 12.2 Å². The Morgan fingerprint density at radius 1 is 0.645 bits per heavy atom. The highest BCUT2D eigenvalue weighted by Gasteiger charge is 2.53. The molecule has 2 aliphatic carbocycles. The zero-order valence-electron chi connectivity index (χ0n) is 39.1. The van der Waals surface area contributed by atoms with Crippen molar-refractivity contribution in [3.8, 4) is 0 Å². The molecule has 1 unspecified atom stereocenters. The summed E-state index contributed by atoms with van der Waals surface area (Å²) in [5.74, 6) is 1.89. The Balaban J connectivity index is 0.000000204. The molecule has 2 atom stereocenters. The van der Waals surface area contributed by atoms with Crippen LogP contribution in [0.5, 0.6) is 0 Å². The van der Waals surface area contributed by atoms with Gasteiger partial charge in [0, 0.05) is 78.5 Å². The summed E-state index contributed by atoms with van der Waals surface area (Å²) in [6, 6.07) is 2.86. The minimum Gasteiger partial charge on any atom is -0.450 e. The van der Waals surface area contributed by atoms with Crippen molar-refractivity contribution < 1.29 is 28.7 Å². The van der Waals surface area contributed by atoms with Gasteiger partial charge in [-0.25, -0.2) is 9.59 Å². The molecule has 8 aliphatic rings. The molecule has 6 aliphatic heterocycles. The average molecular weight is 914 g/mol. The fraction of sp³-hybridized carbons (Fsp3) is 0.913. The minimum absolute atomic E-state index is 0. The van der Waals surface area contributed by atoms with Crippen LogP contribution in [-0.2, 0) is 19.1 Å². The molecule has 6 heterocycles. The van der Waals surface area contributed by atoms with Crippen LogP contribution in [0.15, 0.2) is 0 Å². The molecule has 0 aromatic carbocycles. The van der Waals surface area contributed by atoms with Crippen molar-refractivity contribution in [2.24, 2.45) is 22.7 Å². The predicted molar refractivity (Wildman–Crippen MR) is 247 cm³/mol. The number of nitrogens with one attached hydrogen (secondary N) is 1. The highest BCUT2D eigenvalue weighted by molar-refractivity contribution is 6.27. The normalized spacial score (nSPS) is 31.6. The van der Waals surface area contributed by atoms with Crippen LogP contribution in [0, 0.1) is 22.7 Å². The van der Waals surface area contributed by atoms with Gasteiger partial charge in [0.2, 0.25) is 11.8 Å². The molecule has 0 bridgehead atoms. The van der Waals surface area contributed by atoms with E-state index < -0.39 is 0 Å². The smallest absolute Gasteiger partial charge is 0.409 e. The van der Waals surface area contributed by atoms with Gasteiger partial charge in [-0.3, -0.25) is 14.5 Å². The third kappa shape index (κ3) is 12.8. The number of likely N-dealkylation sites (tertiary alicyclic amines) is 5. The first-order valence-corrected chi connectivity index (χ1v) is 24.6. The molecule has 1 N–H and O–H groups in total. The lowest BCUT2D eigenvalue weighted by Gasteiger charge is -2.52. The number of amides is 4. The number of carbonyl (C=O) groups is 4. The Labute approximate surface area is 384 Å². The van der Waals surface area contributed by atoms with Crippen molar-refractivity contribution in [2.75, 3.05) is 119 Å². The maximum Gasteiger partial charge on any atom is 0.409 e. The summed E-state index contributed by atoms with van der Waals surface area (Å²) < 4.78 is 10.3. The highest BCUT2D eigenvalue weighted by Crippen LogP contribution is 2.52. The summed E-state index contributed by atoms with van der Waals surface area (Å²) in [5.41, 5.74) is 0.754. The van der Waals surface area contributed by atoms with E-state index in [1.54, 1.807) is 19.0 Å². The van der Waals surface area contributed by atoms with Crippen LogP contribution in [0.25, 0.3) is 0 Å². The van der Waals surface area contributed by atoms with Gasteiger partial charge in [-0.2, -0.15) is 0 Å². The first kappa shape index (κ1) is 50.9. The number of hydrogen-bond acceptors (Lipinski definition) is 10. The molecule has 0 radical (unpaired) electrons. The van der Waals surface area contributed by atoms with Crippen LogP contribution < -0.4 is 5.32 Å². The monoisotopic (exact) mass is 913 g/mol. The molecule has 6 saturated heterocycles. The molecule has 2 spiro atoms. The number of hydrogen-bond donors (Lipinski definition) is 1. The Morgan fingerprint density at radius 3 is 1.53 bits per heavy atom. The molecule has 8 rings (SSSR count). The third-order valence-electron chi connectivity index (χ3n) is 15.9. The second-order valence-electron chi connectivity index (χ2n) is 20.2. The molecular formula is C46H82Cl2N8O6. The number of carbonyl (C=O) groups excluding carboxylic acids is 4. The lowest BCUT2D eigenvalue weighted by Crippen LogP contribution is -2.55. The molecule has 8 fully saturated rings. The standard InChI is InChI=1S/C23H40N4O3.C19H33N3O2.C4H8ClNO.ClH/c1-4-30-22(29)27-13-9-23(17-27)14-19(15-23)25-11-7-18(8-12-25)20-6-5-10-26(20)16-21(28)24(2)3;1-2-24-18(23)22-11-7-19(14-22)12-16(13-19)21-9-5-15(6-10-21)17-4-3-8-20-17;1-6(2)4(7)3-5;/h18-20H,4-17H2,1-3H3;15-17,20H,2-14H2,1H3;3H2,1-2H3;1H/t;16?,17-,19?;;/m.0../s1. The van der Waals surface area contributed by atoms with Gasteiger partial charge < -0.3 is 44.2 Å². The molecule has 0 aromatic heterocycles. The van der Waals surface area contributed by atoms with Crippen molar-refractivity contribution in [1.82, 2.24) is 39.6 Å². The zero-order chi connectivity index (χ0) is 43.7. The summed E-state index contributed by atoms with van der Waals surface area (Å²) in [5, 5.41) is 3.70. The van der Waals surface area contributed by atoms with Crippen molar-refractivity contribution >= 4 is 48.0 Å². The third-order valence-corrected chi connectivity index (χ3v) is 16.1. The maximum atomic E-state index is 12.2. The van der Waals surface area contributed by atoms with Gasteiger partial charge in [0.1, 0.15) is 5.88 Å². The van der Waals surface area contributed by atoms with Gasteiger partial charge in [0.25, 0.3) is 0 Å². The number of nitrogens with zero attached hydrogens (tertiary/aromatic N) is 7. The Hall–Kier alpha value is -2.10. The molecular weight excluding hydrogens is 831 g/mol. The van der Waals surface area contributed by atoms with Gasteiger partial charge in [0.05, 0.1) is 19.8 Å². The van der Waals surface area contributed by atoms with Crippen molar-refractivity contribution in [3.63, 3.8) is 0 Å². The quantitative estimate of drug-likeness (QED) is 0.299. The largest absolute Gasteiger partial charge is 0.450 e. The summed E-state index contributed by atoms with van der Waals surface area (Å²) in [7, 11) is 7.05. The fourth-order valence-corrected chi connectivity index (χ4v) is 12.4. The molecule has 0 aromatic rings. The molecule has 14 nitrogen and oxygen atoms in total. The van der Waals surface area contributed by atoms with Crippen LogP contribution in [0.3, 0.4) is 0 Å². The van der Waals surface area contributed by atoms with Crippen LogP contribution in [0.1, 0.15) is 104 Å². The summed E-state index contributed by atoms with van der Waals surface area (Å²) in [6.07, 6.45) is 17.6. The lowest BCUT2D eigenvalue weighted by atomic mass is 9.64. The minimum atomic E-state index is -0.132. The van der Waals surface area contributed by atoms with Gasteiger partial charge in [-0.15, -0.1) is 24.0 Å². The van der Waals surface area contributed by atoms with E-state index in [0.29, 0.717) is 42.7 Å². The summed E-state index contributed by atoms with van der Waals surface area (Å²) >= 11 is 5.16. The topological polar surface area (TPSA) is 121 Å². The van der Waals surface area contributed by atoms with E-state index in [9.17, 15) is 19.2 Å². The SMILES string of the molecule is CCOC(=O)N1CCC2(CC(N3CCC(C4CCCN4CC(=O)N(C)C)CC3)C2)C1.CCOC(=O)N1CCC2(CC(N3CCC([C@@H]4CCCN4)CC3)C2)C1.CN(C)C(=O)CCl.Cl. The van der Waals surface area contributed by atoms with Crippen LogP contribution in [0.2, 0.25) is 0 Å². The van der Waals surface area contributed by atoms with E-state index >= 15 is 0 Å². The number of piperidine rings is 2. The second-order valence-corrected chi connectivity index (χ2v) is 20.5. The van der Waals surface area contributed by atoms with Crippen LogP contribution in [0.4, 0.5) is 9.59 Å². The van der Waals surface area contributed by atoms with Gasteiger partial charge in [-0.1, -0.05) is 0 Å². The van der Waals surface area contributed by atoms with Crippen molar-refractivity contribution in [3.05, 3.63) is 0 Å². The van der Waals surface area contributed by atoms with Gasteiger partial charge in [-0.05, 0) is 166 Å². The average Bonchev–Trinajstić information content (AvgIpc) is 4.08. The molecule has 356 valence electrons. The van der Waals surface area contributed by atoms with Crippen molar-refractivity contribution in [1.29, 1.82) is 0 Å². The van der Waals surface area contributed by atoms with Gasteiger partial charge in [0.15, 0.2) is 0 Å². The van der Waals surface area contributed by atoms with Crippen LogP contribution >= 0.6 is 24.0 Å². The molecule has 4 amide bonds. The summed E-state index contributed by atoms with van der Waals surface area (Å²) in [4.78, 5) is 61.3. The first-order valence-electron chi connectivity index (χ1n) is 24.0. The van der Waals surface area contributed by atoms with E-state index in [1.807, 2.05) is 37.7 Å². The van der Waals surface area contributed by atoms with Crippen LogP contribution in [-0.4, -0.2) is 202 Å². The number of ether oxygens (including phenoxy) is 2. The molecule has 2 saturated carbocycles. The maximum absolute atomic E-state index is 12.2. The highest BCUT2D eigenvalue weighted by atomic mass is 35.5. The molecule has 16 heteroatoms. The van der Waals surface area contributed by atoms with E-state index in [1.165, 1.54) is 121 Å². The van der Waals surface area contributed by atoms with E-state index in [2.05, 4.69) is 20.0 Å². The Kier molecular flexibility index (Phi) is 19.2. The number of halogens is 2. The zero-order valence-corrected chi connectivity index (χ0v) is 40.7. The molecule has 62 heavy (non-hydrogen) atoms. The van der Waals surface area contributed by atoms with E-state index in [0.717, 1.165) is 63.1 Å². The number of rotatable bonds is 9. The number of likely N-dealkylation sites (N-methyl/N-ethyl adjacent to an activating group) is 1. The number of alkyl halides is 1. The van der Waals surface area contributed by atoms with E-state index in [4.69, 9.17) is 21.1 Å². The Bertz CT molecular complexity index is 1440. The van der Waals surface area contributed by atoms with Crippen molar-refractivity contribution in [2.45, 2.75) is 128 Å².